The summed E-state index contributed by atoms with van der Waals surface area (Å²) in [4.78, 5) is 14.8. The Kier molecular flexibility index (Phi) is 5.18. The number of carbonyl (C=O) groups excluding carboxylic acids is 1. The van der Waals surface area contributed by atoms with Crippen LogP contribution in [-0.2, 0) is 21.4 Å². The third-order valence-electron chi connectivity index (χ3n) is 5.82. The summed E-state index contributed by atoms with van der Waals surface area (Å²) in [6.45, 7) is 2.91. The molecule has 2 aromatic rings. The molecule has 1 atom stereocenters. The van der Waals surface area contributed by atoms with E-state index in [1.165, 1.54) is 16.4 Å². The van der Waals surface area contributed by atoms with Gasteiger partial charge in [-0.15, -0.1) is 0 Å². The number of piperidine rings is 1. The summed E-state index contributed by atoms with van der Waals surface area (Å²) < 4.78 is 40.4. The highest BCUT2D eigenvalue weighted by Crippen LogP contribution is 2.35. The first-order valence-corrected chi connectivity index (χ1v) is 11.1. The molecular weight excluding hydrogens is 393 g/mol. The minimum absolute atomic E-state index is 0.0312. The van der Waals surface area contributed by atoms with E-state index in [2.05, 4.69) is 5.32 Å². The van der Waals surface area contributed by atoms with Crippen molar-refractivity contribution in [3.8, 4) is 0 Å². The molecule has 1 spiro atoms. The lowest BCUT2D eigenvalue weighted by Gasteiger charge is -2.44. The van der Waals surface area contributed by atoms with Crippen LogP contribution in [0.2, 0.25) is 0 Å². The van der Waals surface area contributed by atoms with E-state index in [4.69, 9.17) is 0 Å². The van der Waals surface area contributed by atoms with E-state index in [1.807, 2.05) is 42.2 Å². The zero-order valence-corrected chi connectivity index (χ0v) is 17.0. The minimum Gasteiger partial charge on any atom is -0.319 e. The number of halogens is 1. The maximum Gasteiger partial charge on any atom is 0.243 e. The maximum absolute atomic E-state index is 13.2. The third-order valence-corrected chi connectivity index (χ3v) is 7.74. The van der Waals surface area contributed by atoms with Crippen LogP contribution in [0.15, 0.2) is 59.5 Å². The molecule has 1 amide bonds. The number of amides is 1. The molecule has 2 heterocycles. The normalized spacial score (nSPS) is 22.3. The van der Waals surface area contributed by atoms with E-state index in [1.54, 1.807) is 0 Å². The van der Waals surface area contributed by atoms with Crippen LogP contribution in [-0.4, -0.2) is 48.3 Å². The van der Waals surface area contributed by atoms with Crippen molar-refractivity contribution in [3.63, 3.8) is 0 Å². The van der Waals surface area contributed by atoms with Gasteiger partial charge in [0.25, 0.3) is 0 Å². The highest BCUT2D eigenvalue weighted by molar-refractivity contribution is 7.89. The van der Waals surface area contributed by atoms with Gasteiger partial charge in [-0.25, -0.2) is 12.8 Å². The second-order valence-electron chi connectivity index (χ2n) is 7.67. The molecule has 2 aliphatic heterocycles. The molecule has 0 radical (unpaired) electrons. The summed E-state index contributed by atoms with van der Waals surface area (Å²) in [5.41, 5.74) is 0.485. The molecule has 8 heteroatoms. The van der Waals surface area contributed by atoms with E-state index >= 15 is 0 Å². The average Bonchev–Trinajstić information content (AvgIpc) is 2.93. The Bertz CT molecular complexity index is 988. The molecule has 154 valence electrons. The van der Waals surface area contributed by atoms with Crippen molar-refractivity contribution in [2.45, 2.75) is 42.9 Å². The first-order valence-electron chi connectivity index (χ1n) is 9.71. The number of nitrogens with one attached hydrogen (secondary N) is 1. The van der Waals surface area contributed by atoms with Crippen molar-refractivity contribution in [1.82, 2.24) is 14.5 Å². The van der Waals surface area contributed by atoms with Gasteiger partial charge >= 0.3 is 0 Å². The molecule has 0 unspecified atom stereocenters. The van der Waals surface area contributed by atoms with Crippen molar-refractivity contribution in [2.24, 2.45) is 0 Å². The molecule has 0 aliphatic carbocycles. The van der Waals surface area contributed by atoms with Gasteiger partial charge in [-0.1, -0.05) is 30.3 Å². The van der Waals surface area contributed by atoms with Crippen molar-refractivity contribution in [3.05, 3.63) is 66.0 Å². The van der Waals surface area contributed by atoms with Gasteiger partial charge in [0.15, 0.2) is 0 Å². The molecule has 0 saturated carbocycles. The Morgan fingerprint density at radius 1 is 1.07 bits per heavy atom. The topological polar surface area (TPSA) is 69.7 Å². The standard InChI is InChI=1S/C21H24FN3O3S/c1-16-20(26)25(15-17-5-3-2-4-6-17)21(23-16)11-13-24(14-12-21)29(27,28)19-9-7-18(22)8-10-19/h2-10,16,23H,11-15H2,1H3/t16-/m1/s1. The lowest BCUT2D eigenvalue weighted by Crippen LogP contribution is -2.59. The summed E-state index contributed by atoms with van der Waals surface area (Å²) in [5, 5.41) is 3.41. The number of nitrogens with zero attached hydrogens (tertiary/aromatic N) is 2. The second-order valence-corrected chi connectivity index (χ2v) is 9.60. The molecule has 4 rings (SSSR count). The first kappa shape index (κ1) is 20.0. The zero-order valence-electron chi connectivity index (χ0n) is 16.2. The number of rotatable bonds is 4. The van der Waals surface area contributed by atoms with Gasteiger partial charge in [0.1, 0.15) is 5.82 Å². The van der Waals surface area contributed by atoms with Gasteiger partial charge in [0.2, 0.25) is 15.9 Å². The van der Waals surface area contributed by atoms with Gasteiger partial charge in [-0.2, -0.15) is 4.31 Å². The van der Waals surface area contributed by atoms with Crippen LogP contribution in [0.4, 0.5) is 4.39 Å². The van der Waals surface area contributed by atoms with E-state index in [0.29, 0.717) is 19.4 Å². The summed E-state index contributed by atoms with van der Waals surface area (Å²) in [6.07, 6.45) is 0.993. The van der Waals surface area contributed by atoms with Crippen LogP contribution in [0.5, 0.6) is 0 Å². The van der Waals surface area contributed by atoms with E-state index in [-0.39, 0.29) is 29.9 Å². The van der Waals surface area contributed by atoms with Crippen molar-refractivity contribution in [1.29, 1.82) is 0 Å². The van der Waals surface area contributed by atoms with Gasteiger partial charge in [-0.05, 0) is 49.6 Å². The fraction of sp³-hybridized carbons (Fsp3) is 0.381. The van der Waals surface area contributed by atoms with Crippen LogP contribution in [0.25, 0.3) is 0 Å². The van der Waals surface area contributed by atoms with Gasteiger partial charge in [0, 0.05) is 19.6 Å². The van der Waals surface area contributed by atoms with Gasteiger partial charge in [0.05, 0.1) is 16.6 Å². The summed E-state index contributed by atoms with van der Waals surface area (Å²) >= 11 is 0. The highest BCUT2D eigenvalue weighted by atomic mass is 32.2. The fourth-order valence-electron chi connectivity index (χ4n) is 4.25. The Morgan fingerprint density at radius 3 is 2.31 bits per heavy atom. The lowest BCUT2D eigenvalue weighted by molar-refractivity contribution is -0.133. The maximum atomic E-state index is 13.2. The summed E-state index contributed by atoms with van der Waals surface area (Å²) in [7, 11) is -3.69. The lowest BCUT2D eigenvalue weighted by atomic mass is 9.96. The Balaban J connectivity index is 1.53. The molecule has 2 aromatic carbocycles. The van der Waals surface area contributed by atoms with Crippen LogP contribution >= 0.6 is 0 Å². The number of sulfonamides is 1. The molecule has 29 heavy (non-hydrogen) atoms. The Hall–Kier alpha value is -2.29. The van der Waals surface area contributed by atoms with Crippen LogP contribution in [0.3, 0.4) is 0 Å². The molecular formula is C21H24FN3O3S. The van der Waals surface area contributed by atoms with Gasteiger partial charge < -0.3 is 4.90 Å². The zero-order chi connectivity index (χ0) is 20.6. The van der Waals surface area contributed by atoms with E-state index in [0.717, 1.165) is 17.7 Å². The van der Waals surface area contributed by atoms with Gasteiger partial charge in [-0.3, -0.25) is 10.1 Å². The van der Waals surface area contributed by atoms with Crippen molar-refractivity contribution >= 4 is 15.9 Å². The minimum atomic E-state index is -3.69. The number of hydrogen-bond acceptors (Lipinski definition) is 4. The van der Waals surface area contributed by atoms with E-state index in [9.17, 15) is 17.6 Å². The summed E-state index contributed by atoms with van der Waals surface area (Å²) in [6, 6.07) is 14.4. The monoisotopic (exact) mass is 417 g/mol. The SMILES string of the molecule is C[C@H]1NC2(CCN(S(=O)(=O)c3ccc(F)cc3)CC2)N(Cc2ccccc2)C1=O. The molecule has 0 bridgehead atoms. The predicted octanol–water partition coefficient (Wildman–Crippen LogP) is 2.33. The van der Waals surface area contributed by atoms with Crippen molar-refractivity contribution < 1.29 is 17.6 Å². The van der Waals surface area contributed by atoms with Crippen LogP contribution < -0.4 is 5.32 Å². The molecule has 6 nitrogen and oxygen atoms in total. The molecule has 0 aromatic heterocycles. The summed E-state index contributed by atoms with van der Waals surface area (Å²) in [5.74, 6) is -0.440. The quantitative estimate of drug-likeness (QED) is 0.829. The predicted molar refractivity (Wildman–Crippen MR) is 107 cm³/mol. The largest absolute Gasteiger partial charge is 0.319 e. The molecule has 1 N–H and O–H groups in total. The highest BCUT2D eigenvalue weighted by Gasteiger charge is 2.51. The second kappa shape index (κ2) is 7.51. The van der Waals surface area contributed by atoms with E-state index < -0.39 is 21.5 Å². The molecule has 2 fully saturated rings. The average molecular weight is 418 g/mol. The molecule has 2 saturated heterocycles. The third kappa shape index (κ3) is 3.68. The fourth-order valence-corrected chi connectivity index (χ4v) is 5.69. The number of hydrogen-bond donors (Lipinski definition) is 1. The number of benzene rings is 2. The first-order chi connectivity index (χ1) is 13.8. The van der Waals surface area contributed by atoms with Crippen LogP contribution in [0, 0.1) is 5.82 Å². The number of carbonyl (C=O) groups is 1. The van der Waals surface area contributed by atoms with Crippen molar-refractivity contribution in [2.75, 3.05) is 13.1 Å². The Morgan fingerprint density at radius 2 is 1.69 bits per heavy atom. The smallest absolute Gasteiger partial charge is 0.243 e. The Labute approximate surface area is 170 Å². The van der Waals surface area contributed by atoms with Crippen LogP contribution in [0.1, 0.15) is 25.3 Å². The molecule has 2 aliphatic rings.